The Morgan fingerprint density at radius 3 is 2.40 bits per heavy atom. The fraction of sp³-hybridized carbons (Fsp3) is 0.750. The maximum Gasteiger partial charge on any atom is 0.0644 e. The minimum Gasteiger partial charge on any atom is -0.396 e. The molecule has 0 aromatic heterocycles. The maximum absolute atomic E-state index is 8.77. The molecule has 2 heteroatoms. The summed E-state index contributed by atoms with van der Waals surface area (Å²) in [6, 6.07) is 0. The predicted molar refractivity (Wildman–Crippen MR) is 41.7 cm³/mol. The van der Waals surface area contributed by atoms with E-state index in [-0.39, 0.29) is 13.2 Å². The maximum atomic E-state index is 8.77. The Labute approximate surface area is 62.2 Å². The first-order valence-electron chi connectivity index (χ1n) is 3.63. The van der Waals surface area contributed by atoms with Crippen LogP contribution in [0.2, 0.25) is 0 Å². The first-order valence-corrected chi connectivity index (χ1v) is 3.63. The molecule has 0 aliphatic heterocycles. The summed E-state index contributed by atoms with van der Waals surface area (Å²) in [5, 5.41) is 17.3. The summed E-state index contributed by atoms with van der Waals surface area (Å²) in [6.07, 6.45) is 2.64. The number of aliphatic hydroxyl groups excluding tert-OH is 2. The fourth-order valence-corrected chi connectivity index (χ4v) is 0.911. The van der Waals surface area contributed by atoms with Crippen LogP contribution in [0.5, 0.6) is 0 Å². The molecule has 0 aromatic carbocycles. The fourth-order valence-electron chi connectivity index (χ4n) is 0.911. The Morgan fingerprint density at radius 2 is 2.10 bits per heavy atom. The Kier molecular flexibility index (Phi) is 5.26. The Bertz CT molecular complexity index is 108. The van der Waals surface area contributed by atoms with Crippen molar-refractivity contribution in [2.24, 2.45) is 5.92 Å². The van der Waals surface area contributed by atoms with E-state index in [0.29, 0.717) is 5.92 Å². The molecule has 0 saturated carbocycles. The van der Waals surface area contributed by atoms with Gasteiger partial charge in [0, 0.05) is 6.61 Å². The van der Waals surface area contributed by atoms with Crippen molar-refractivity contribution in [1.29, 1.82) is 0 Å². The van der Waals surface area contributed by atoms with E-state index in [1.165, 1.54) is 0 Å². The van der Waals surface area contributed by atoms with Crippen molar-refractivity contribution >= 4 is 0 Å². The van der Waals surface area contributed by atoms with Crippen molar-refractivity contribution in [3.63, 3.8) is 0 Å². The molecule has 2 N–H and O–H groups in total. The number of aliphatic hydroxyl groups is 2. The van der Waals surface area contributed by atoms with Crippen LogP contribution in [-0.2, 0) is 0 Å². The van der Waals surface area contributed by atoms with E-state index in [4.69, 9.17) is 10.2 Å². The lowest BCUT2D eigenvalue weighted by molar-refractivity contribution is 0.258. The van der Waals surface area contributed by atoms with Gasteiger partial charge in [0.2, 0.25) is 0 Å². The molecule has 0 bridgehead atoms. The van der Waals surface area contributed by atoms with Gasteiger partial charge in [0.05, 0.1) is 6.61 Å². The second-order valence-electron chi connectivity index (χ2n) is 2.44. The highest BCUT2D eigenvalue weighted by Gasteiger charge is 2.04. The van der Waals surface area contributed by atoms with Gasteiger partial charge in [-0.05, 0) is 24.8 Å². The lowest BCUT2D eigenvalue weighted by atomic mass is 9.99. The van der Waals surface area contributed by atoms with Crippen LogP contribution in [0.25, 0.3) is 0 Å². The van der Waals surface area contributed by atoms with Crippen LogP contribution >= 0.6 is 0 Å². The second kappa shape index (κ2) is 5.45. The zero-order chi connectivity index (χ0) is 7.98. The van der Waals surface area contributed by atoms with Crippen molar-refractivity contribution in [1.82, 2.24) is 0 Å². The van der Waals surface area contributed by atoms with Crippen LogP contribution in [0.15, 0.2) is 11.6 Å². The molecule has 10 heavy (non-hydrogen) atoms. The van der Waals surface area contributed by atoms with Gasteiger partial charge in [0.15, 0.2) is 0 Å². The standard InChI is InChI=1S/C8H16O2/c1-3-8(6-10)7(2)4-5-9/h3,7,9-10H,4-6H2,1-2H3/b8-3+. The molecule has 2 nitrogen and oxygen atoms in total. The predicted octanol–water partition coefficient (Wildman–Crippen LogP) is 0.944. The molecule has 0 amide bonds. The molecule has 1 unspecified atom stereocenters. The van der Waals surface area contributed by atoms with E-state index in [0.717, 1.165) is 12.0 Å². The van der Waals surface area contributed by atoms with Gasteiger partial charge in [0.1, 0.15) is 0 Å². The smallest absolute Gasteiger partial charge is 0.0644 e. The first kappa shape index (κ1) is 9.66. The van der Waals surface area contributed by atoms with Crippen LogP contribution in [0.3, 0.4) is 0 Å². The summed E-state index contributed by atoms with van der Waals surface area (Å²) in [5.41, 5.74) is 1.01. The molecular weight excluding hydrogens is 128 g/mol. The third kappa shape index (κ3) is 2.99. The van der Waals surface area contributed by atoms with Crippen molar-refractivity contribution in [3.8, 4) is 0 Å². The van der Waals surface area contributed by atoms with E-state index in [2.05, 4.69) is 0 Å². The Hall–Kier alpha value is -0.340. The summed E-state index contributed by atoms with van der Waals surface area (Å²) in [4.78, 5) is 0. The largest absolute Gasteiger partial charge is 0.396 e. The Balaban J connectivity index is 3.77. The lowest BCUT2D eigenvalue weighted by Gasteiger charge is -2.10. The van der Waals surface area contributed by atoms with Gasteiger partial charge >= 0.3 is 0 Å². The number of hydrogen-bond donors (Lipinski definition) is 2. The number of hydrogen-bond acceptors (Lipinski definition) is 2. The molecule has 0 rings (SSSR count). The minimum atomic E-state index is 0.109. The molecule has 0 aromatic rings. The van der Waals surface area contributed by atoms with E-state index in [1.54, 1.807) is 0 Å². The zero-order valence-electron chi connectivity index (χ0n) is 6.67. The van der Waals surface area contributed by atoms with Crippen LogP contribution < -0.4 is 0 Å². The van der Waals surface area contributed by atoms with E-state index in [1.807, 2.05) is 19.9 Å². The van der Waals surface area contributed by atoms with Crippen LogP contribution in [0.4, 0.5) is 0 Å². The molecule has 1 atom stereocenters. The number of allylic oxidation sites excluding steroid dienone is 1. The van der Waals surface area contributed by atoms with Gasteiger partial charge in [-0.3, -0.25) is 0 Å². The molecule has 60 valence electrons. The quantitative estimate of drug-likeness (QED) is 0.576. The molecular formula is C8H16O2. The zero-order valence-corrected chi connectivity index (χ0v) is 6.67. The highest BCUT2D eigenvalue weighted by atomic mass is 16.3. The van der Waals surface area contributed by atoms with Crippen LogP contribution in [0.1, 0.15) is 20.3 Å². The summed E-state index contributed by atoms with van der Waals surface area (Å²) in [5.74, 6) is 0.306. The summed E-state index contributed by atoms with van der Waals surface area (Å²) >= 11 is 0. The highest BCUT2D eigenvalue weighted by molar-refractivity contribution is 5.04. The molecule has 0 aliphatic rings. The molecule has 0 aliphatic carbocycles. The van der Waals surface area contributed by atoms with Gasteiger partial charge < -0.3 is 10.2 Å². The topological polar surface area (TPSA) is 40.5 Å². The summed E-state index contributed by atoms with van der Waals surface area (Å²) in [7, 11) is 0. The summed E-state index contributed by atoms with van der Waals surface area (Å²) < 4.78 is 0. The van der Waals surface area contributed by atoms with E-state index in [9.17, 15) is 0 Å². The first-order chi connectivity index (χ1) is 4.76. The highest BCUT2D eigenvalue weighted by Crippen LogP contribution is 2.12. The molecule has 0 radical (unpaired) electrons. The average Bonchev–Trinajstić information content (AvgIpc) is 1.91. The minimum absolute atomic E-state index is 0.109. The van der Waals surface area contributed by atoms with Crippen molar-refractivity contribution in [3.05, 3.63) is 11.6 Å². The third-order valence-corrected chi connectivity index (χ3v) is 1.75. The monoisotopic (exact) mass is 144 g/mol. The van der Waals surface area contributed by atoms with Crippen LogP contribution in [-0.4, -0.2) is 23.4 Å². The van der Waals surface area contributed by atoms with Gasteiger partial charge in [-0.2, -0.15) is 0 Å². The van der Waals surface area contributed by atoms with Crippen molar-refractivity contribution < 1.29 is 10.2 Å². The molecule has 0 fully saturated rings. The normalized spacial score (nSPS) is 15.4. The molecule has 0 heterocycles. The van der Waals surface area contributed by atoms with E-state index < -0.39 is 0 Å². The second-order valence-corrected chi connectivity index (χ2v) is 2.44. The van der Waals surface area contributed by atoms with Gasteiger partial charge in [-0.1, -0.05) is 13.0 Å². The van der Waals surface area contributed by atoms with Crippen molar-refractivity contribution in [2.45, 2.75) is 20.3 Å². The van der Waals surface area contributed by atoms with Crippen LogP contribution in [0, 0.1) is 5.92 Å². The third-order valence-electron chi connectivity index (χ3n) is 1.75. The van der Waals surface area contributed by atoms with Gasteiger partial charge in [0.25, 0.3) is 0 Å². The van der Waals surface area contributed by atoms with Gasteiger partial charge in [-0.25, -0.2) is 0 Å². The number of rotatable bonds is 4. The van der Waals surface area contributed by atoms with Gasteiger partial charge in [-0.15, -0.1) is 0 Å². The molecule has 0 saturated heterocycles. The lowest BCUT2D eigenvalue weighted by Crippen LogP contribution is -2.05. The van der Waals surface area contributed by atoms with Crippen molar-refractivity contribution in [2.75, 3.05) is 13.2 Å². The Morgan fingerprint density at radius 1 is 1.50 bits per heavy atom. The average molecular weight is 144 g/mol. The van der Waals surface area contributed by atoms with E-state index >= 15 is 0 Å². The molecule has 0 spiro atoms. The SMILES string of the molecule is C/C=C(\CO)C(C)CCO. The summed E-state index contributed by atoms with van der Waals surface area (Å²) in [6.45, 7) is 4.21.